The summed E-state index contributed by atoms with van der Waals surface area (Å²) in [5.41, 5.74) is 0.998. The summed E-state index contributed by atoms with van der Waals surface area (Å²) >= 11 is 6.57. The number of nitrogens with zero attached hydrogens (tertiary/aromatic N) is 3. The molecule has 1 fully saturated rings. The highest BCUT2D eigenvalue weighted by atomic mass is 127. The van der Waals surface area contributed by atoms with E-state index < -0.39 is 5.60 Å². The van der Waals surface area contributed by atoms with Crippen molar-refractivity contribution < 1.29 is 9.52 Å². The zero-order valence-corrected chi connectivity index (χ0v) is 22.4. The lowest BCUT2D eigenvalue weighted by Crippen LogP contribution is -2.45. The number of aryl methyl sites for hydroxylation is 1. The van der Waals surface area contributed by atoms with Gasteiger partial charge in [0.2, 0.25) is 0 Å². The number of aliphatic imine (C=N–C) groups is 1. The molecule has 1 aromatic heterocycles. The van der Waals surface area contributed by atoms with Crippen LogP contribution in [0.3, 0.4) is 0 Å². The highest BCUT2D eigenvalue weighted by molar-refractivity contribution is 14.0. The second-order valence-electron chi connectivity index (χ2n) is 8.26. The molecule has 1 saturated heterocycles. The summed E-state index contributed by atoms with van der Waals surface area (Å²) in [7, 11) is 2.15. The Labute approximate surface area is 213 Å². The lowest BCUT2D eigenvalue weighted by molar-refractivity contribution is 0.0378. The number of anilines is 1. The van der Waals surface area contributed by atoms with Crippen LogP contribution in [0.2, 0.25) is 5.02 Å². The van der Waals surface area contributed by atoms with Gasteiger partial charge in [0.1, 0.15) is 17.1 Å². The van der Waals surface area contributed by atoms with E-state index in [-0.39, 0.29) is 30.5 Å². The van der Waals surface area contributed by atoms with Gasteiger partial charge >= 0.3 is 0 Å². The van der Waals surface area contributed by atoms with Crippen molar-refractivity contribution in [1.82, 2.24) is 15.5 Å². The Balaban J connectivity index is 0.00000363. The van der Waals surface area contributed by atoms with E-state index in [0.717, 1.165) is 43.2 Å². The standard InChI is InChI=1S/C23H34ClN5O2.HI/c1-5-25-22(27-16-23(3,30)21-10-9-17(2)31-21)26-15-18-19(24)7-6-8-20(18)29-13-11-28(4)12-14-29;/h6-10,30H,5,11-16H2,1-4H3,(H2,25,26,27);1H. The zero-order valence-electron chi connectivity index (χ0n) is 19.3. The minimum absolute atomic E-state index is 0. The summed E-state index contributed by atoms with van der Waals surface area (Å²) in [6, 6.07) is 9.67. The van der Waals surface area contributed by atoms with Crippen LogP contribution in [0.1, 0.15) is 30.9 Å². The highest BCUT2D eigenvalue weighted by Crippen LogP contribution is 2.29. The van der Waals surface area contributed by atoms with Gasteiger partial charge in [0.05, 0.1) is 13.1 Å². The van der Waals surface area contributed by atoms with Gasteiger partial charge in [0.15, 0.2) is 5.96 Å². The molecular weight excluding hydrogens is 541 g/mol. The highest BCUT2D eigenvalue weighted by Gasteiger charge is 2.27. The molecule has 1 aromatic carbocycles. The Morgan fingerprint density at radius 1 is 1.19 bits per heavy atom. The molecule has 9 heteroatoms. The van der Waals surface area contributed by atoms with Crippen molar-refractivity contribution >= 4 is 47.2 Å². The quantitative estimate of drug-likeness (QED) is 0.266. The molecule has 7 nitrogen and oxygen atoms in total. The van der Waals surface area contributed by atoms with Crippen molar-refractivity contribution in [2.24, 2.45) is 4.99 Å². The van der Waals surface area contributed by atoms with Crippen LogP contribution in [-0.2, 0) is 12.1 Å². The summed E-state index contributed by atoms with van der Waals surface area (Å²) in [4.78, 5) is 9.46. The molecule has 1 aliphatic heterocycles. The summed E-state index contributed by atoms with van der Waals surface area (Å²) in [6.07, 6.45) is 0. The molecule has 3 rings (SSSR count). The molecule has 0 amide bonds. The van der Waals surface area contributed by atoms with Gasteiger partial charge in [0, 0.05) is 49.0 Å². The van der Waals surface area contributed by atoms with E-state index in [1.807, 2.05) is 32.0 Å². The van der Waals surface area contributed by atoms with Gasteiger partial charge in [-0.3, -0.25) is 0 Å². The van der Waals surface area contributed by atoms with Crippen LogP contribution < -0.4 is 15.5 Å². The maximum absolute atomic E-state index is 10.8. The SMILES string of the molecule is CCNC(=NCc1c(Cl)cccc1N1CCN(C)CC1)NCC(C)(O)c1ccc(C)o1.I. The van der Waals surface area contributed by atoms with Crippen molar-refractivity contribution in [2.75, 3.05) is 51.2 Å². The van der Waals surface area contributed by atoms with Crippen molar-refractivity contribution in [2.45, 2.75) is 32.9 Å². The number of rotatable bonds is 7. The molecule has 0 aliphatic carbocycles. The van der Waals surface area contributed by atoms with Gasteiger partial charge in [-0.2, -0.15) is 0 Å². The number of likely N-dealkylation sites (N-methyl/N-ethyl adjacent to an activating group) is 1. The lowest BCUT2D eigenvalue weighted by atomic mass is 10.0. The van der Waals surface area contributed by atoms with Crippen LogP contribution in [-0.4, -0.2) is 62.3 Å². The van der Waals surface area contributed by atoms with Crippen molar-refractivity contribution in [3.8, 4) is 0 Å². The fraction of sp³-hybridized carbons (Fsp3) is 0.522. The summed E-state index contributed by atoms with van der Waals surface area (Å²) in [5, 5.41) is 18.0. The van der Waals surface area contributed by atoms with Crippen LogP contribution >= 0.6 is 35.6 Å². The van der Waals surface area contributed by atoms with Crippen LogP contribution in [0.25, 0.3) is 0 Å². The van der Waals surface area contributed by atoms with Crippen LogP contribution in [0, 0.1) is 6.92 Å². The number of guanidine groups is 1. The molecular formula is C23H35ClIN5O2. The van der Waals surface area contributed by atoms with Gasteiger partial charge in [0.25, 0.3) is 0 Å². The van der Waals surface area contributed by atoms with E-state index in [1.165, 1.54) is 0 Å². The first kappa shape index (κ1) is 26.8. The van der Waals surface area contributed by atoms with E-state index in [9.17, 15) is 5.11 Å². The molecule has 1 unspecified atom stereocenters. The largest absolute Gasteiger partial charge is 0.463 e. The first-order chi connectivity index (χ1) is 14.8. The molecule has 178 valence electrons. The number of piperazine rings is 1. The second-order valence-corrected chi connectivity index (χ2v) is 8.67. The van der Waals surface area contributed by atoms with Crippen LogP contribution in [0.4, 0.5) is 5.69 Å². The van der Waals surface area contributed by atoms with Gasteiger partial charge in [-0.15, -0.1) is 24.0 Å². The van der Waals surface area contributed by atoms with E-state index >= 15 is 0 Å². The molecule has 0 saturated carbocycles. The van der Waals surface area contributed by atoms with Gasteiger partial charge in [-0.25, -0.2) is 4.99 Å². The average Bonchev–Trinajstić information content (AvgIpc) is 3.19. The van der Waals surface area contributed by atoms with E-state index in [0.29, 0.717) is 29.8 Å². The number of hydrogen-bond acceptors (Lipinski definition) is 5. The summed E-state index contributed by atoms with van der Waals surface area (Å²) in [5.74, 6) is 1.91. The van der Waals surface area contributed by atoms with Gasteiger partial charge < -0.3 is 30.0 Å². The predicted octanol–water partition coefficient (Wildman–Crippen LogP) is 3.57. The van der Waals surface area contributed by atoms with Crippen LogP contribution in [0.15, 0.2) is 39.7 Å². The number of nitrogens with one attached hydrogen (secondary N) is 2. The smallest absolute Gasteiger partial charge is 0.191 e. The number of furan rings is 1. The average molecular weight is 576 g/mol. The predicted molar refractivity (Wildman–Crippen MR) is 142 cm³/mol. The van der Waals surface area contributed by atoms with Crippen molar-refractivity contribution in [3.05, 3.63) is 52.4 Å². The Kier molecular flexibility index (Phi) is 10.1. The first-order valence-corrected chi connectivity index (χ1v) is 11.2. The lowest BCUT2D eigenvalue weighted by Gasteiger charge is -2.35. The molecule has 32 heavy (non-hydrogen) atoms. The molecule has 0 radical (unpaired) electrons. The van der Waals surface area contributed by atoms with Crippen molar-refractivity contribution in [3.63, 3.8) is 0 Å². The third-order valence-corrected chi connectivity index (χ3v) is 5.90. The minimum atomic E-state index is -1.15. The fourth-order valence-electron chi connectivity index (χ4n) is 3.61. The molecule has 0 spiro atoms. The Morgan fingerprint density at radius 2 is 1.91 bits per heavy atom. The topological polar surface area (TPSA) is 76.3 Å². The number of benzene rings is 1. The third-order valence-electron chi connectivity index (χ3n) is 5.55. The number of aliphatic hydroxyl groups is 1. The number of hydrogen-bond donors (Lipinski definition) is 3. The fourth-order valence-corrected chi connectivity index (χ4v) is 3.84. The molecule has 2 heterocycles. The van der Waals surface area contributed by atoms with E-state index in [1.54, 1.807) is 13.0 Å². The minimum Gasteiger partial charge on any atom is -0.463 e. The Bertz CT molecular complexity index is 894. The van der Waals surface area contributed by atoms with E-state index in [2.05, 4.69) is 33.5 Å². The van der Waals surface area contributed by atoms with E-state index in [4.69, 9.17) is 21.0 Å². The second kappa shape index (κ2) is 12.1. The maximum atomic E-state index is 10.8. The molecule has 1 aliphatic rings. The summed E-state index contributed by atoms with van der Waals surface area (Å²) in [6.45, 7) is 11.0. The first-order valence-electron chi connectivity index (χ1n) is 10.8. The number of halogens is 2. The van der Waals surface area contributed by atoms with Crippen molar-refractivity contribution in [1.29, 1.82) is 0 Å². The maximum Gasteiger partial charge on any atom is 0.191 e. The summed E-state index contributed by atoms with van der Waals surface area (Å²) < 4.78 is 5.60. The molecule has 0 bridgehead atoms. The molecule has 3 N–H and O–H groups in total. The van der Waals surface area contributed by atoms with Gasteiger partial charge in [-0.1, -0.05) is 17.7 Å². The third kappa shape index (κ3) is 7.00. The molecule has 2 aromatic rings. The Morgan fingerprint density at radius 3 is 2.53 bits per heavy atom. The normalized spacial score (nSPS) is 16.9. The Hall–Kier alpha value is -1.49. The molecule has 1 atom stereocenters. The van der Waals surface area contributed by atoms with Crippen LogP contribution in [0.5, 0.6) is 0 Å². The monoisotopic (exact) mass is 575 g/mol. The van der Waals surface area contributed by atoms with Gasteiger partial charge in [-0.05, 0) is 52.1 Å². The zero-order chi connectivity index (χ0) is 22.4.